The first-order chi connectivity index (χ1) is 8.17. The second-order valence-corrected chi connectivity index (χ2v) is 4.22. The van der Waals surface area contributed by atoms with Crippen molar-refractivity contribution < 1.29 is 9.53 Å². The van der Waals surface area contributed by atoms with Crippen molar-refractivity contribution in [2.45, 2.75) is 32.8 Å². The summed E-state index contributed by atoms with van der Waals surface area (Å²) in [7, 11) is 1.68. The molecule has 0 radical (unpaired) electrons. The van der Waals surface area contributed by atoms with E-state index in [0.29, 0.717) is 12.1 Å². The zero-order valence-corrected chi connectivity index (χ0v) is 10.8. The SMILES string of the molecule is CCCC(CNC(=O)c1ccc(C)cc1)OC. The number of nitrogens with one attached hydrogen (secondary N) is 1. The summed E-state index contributed by atoms with van der Waals surface area (Å²) in [5.74, 6) is -0.0387. The van der Waals surface area contributed by atoms with Gasteiger partial charge in [-0.15, -0.1) is 0 Å². The van der Waals surface area contributed by atoms with Crippen LogP contribution >= 0.6 is 0 Å². The van der Waals surface area contributed by atoms with E-state index in [1.807, 2.05) is 31.2 Å². The molecule has 0 aliphatic rings. The molecule has 17 heavy (non-hydrogen) atoms. The standard InChI is InChI=1S/C14H21NO2/c1-4-5-13(17-3)10-15-14(16)12-8-6-11(2)7-9-12/h6-9,13H,4-5,10H2,1-3H3,(H,15,16). The van der Waals surface area contributed by atoms with Crippen LogP contribution < -0.4 is 5.32 Å². The molecule has 0 aliphatic carbocycles. The number of amides is 1. The molecular formula is C14H21NO2. The second-order valence-electron chi connectivity index (χ2n) is 4.22. The van der Waals surface area contributed by atoms with Crippen LogP contribution in [0.25, 0.3) is 0 Å². The predicted octanol–water partition coefficient (Wildman–Crippen LogP) is 2.54. The van der Waals surface area contributed by atoms with E-state index in [1.54, 1.807) is 7.11 Å². The van der Waals surface area contributed by atoms with Crippen LogP contribution in [0.5, 0.6) is 0 Å². The Labute approximate surface area is 103 Å². The molecule has 1 unspecified atom stereocenters. The average molecular weight is 235 g/mol. The van der Waals surface area contributed by atoms with Crippen LogP contribution in [0.3, 0.4) is 0 Å². The molecule has 1 rings (SSSR count). The summed E-state index contributed by atoms with van der Waals surface area (Å²) in [5.41, 5.74) is 1.85. The first kappa shape index (κ1) is 13.7. The molecule has 1 amide bonds. The van der Waals surface area contributed by atoms with Crippen molar-refractivity contribution in [2.24, 2.45) is 0 Å². The lowest BCUT2D eigenvalue weighted by Gasteiger charge is -2.15. The van der Waals surface area contributed by atoms with Crippen molar-refractivity contribution >= 4 is 5.91 Å². The molecule has 1 N–H and O–H groups in total. The summed E-state index contributed by atoms with van der Waals surface area (Å²) in [6.45, 7) is 4.68. The fourth-order valence-corrected chi connectivity index (χ4v) is 1.64. The molecule has 3 nitrogen and oxygen atoms in total. The molecule has 1 aromatic carbocycles. The van der Waals surface area contributed by atoms with Gasteiger partial charge < -0.3 is 10.1 Å². The van der Waals surface area contributed by atoms with Crippen LogP contribution in [0, 0.1) is 6.92 Å². The van der Waals surface area contributed by atoms with Crippen molar-refractivity contribution in [3.63, 3.8) is 0 Å². The van der Waals surface area contributed by atoms with Crippen molar-refractivity contribution in [3.05, 3.63) is 35.4 Å². The Morgan fingerprint density at radius 3 is 2.53 bits per heavy atom. The molecule has 0 saturated heterocycles. The van der Waals surface area contributed by atoms with E-state index in [2.05, 4.69) is 12.2 Å². The minimum atomic E-state index is -0.0387. The monoisotopic (exact) mass is 235 g/mol. The van der Waals surface area contributed by atoms with Gasteiger partial charge >= 0.3 is 0 Å². The largest absolute Gasteiger partial charge is 0.380 e. The number of methoxy groups -OCH3 is 1. The van der Waals surface area contributed by atoms with Crippen LogP contribution in [0.4, 0.5) is 0 Å². The van der Waals surface area contributed by atoms with Crippen molar-refractivity contribution in [1.82, 2.24) is 5.32 Å². The smallest absolute Gasteiger partial charge is 0.251 e. The lowest BCUT2D eigenvalue weighted by atomic mass is 10.1. The maximum Gasteiger partial charge on any atom is 0.251 e. The minimum absolute atomic E-state index is 0.0387. The van der Waals surface area contributed by atoms with E-state index >= 15 is 0 Å². The van der Waals surface area contributed by atoms with Gasteiger partial charge in [-0.1, -0.05) is 31.0 Å². The number of ether oxygens (including phenoxy) is 1. The van der Waals surface area contributed by atoms with Crippen molar-refractivity contribution in [1.29, 1.82) is 0 Å². The molecule has 1 atom stereocenters. The highest BCUT2D eigenvalue weighted by Crippen LogP contribution is 2.04. The van der Waals surface area contributed by atoms with Gasteiger partial charge in [-0.25, -0.2) is 0 Å². The van der Waals surface area contributed by atoms with E-state index in [0.717, 1.165) is 18.4 Å². The molecule has 3 heteroatoms. The van der Waals surface area contributed by atoms with E-state index < -0.39 is 0 Å². The highest BCUT2D eigenvalue weighted by molar-refractivity contribution is 5.94. The Kier molecular flexibility index (Phi) is 5.70. The summed E-state index contributed by atoms with van der Waals surface area (Å²) in [6, 6.07) is 7.56. The molecule has 0 aliphatic heterocycles. The lowest BCUT2D eigenvalue weighted by molar-refractivity contribution is 0.0795. The molecule has 0 saturated carbocycles. The fraction of sp³-hybridized carbons (Fsp3) is 0.500. The average Bonchev–Trinajstić information content (AvgIpc) is 2.35. The summed E-state index contributed by atoms with van der Waals surface area (Å²) >= 11 is 0. The molecule has 0 heterocycles. The Bertz CT molecular complexity index is 346. The Morgan fingerprint density at radius 2 is 2.00 bits per heavy atom. The van der Waals surface area contributed by atoms with Crippen LogP contribution in [-0.4, -0.2) is 25.7 Å². The molecule has 94 valence electrons. The van der Waals surface area contributed by atoms with E-state index in [4.69, 9.17) is 4.74 Å². The van der Waals surface area contributed by atoms with Crippen molar-refractivity contribution in [2.75, 3.05) is 13.7 Å². The molecule has 1 aromatic rings. The van der Waals surface area contributed by atoms with Gasteiger partial charge in [0.05, 0.1) is 6.10 Å². The van der Waals surface area contributed by atoms with Gasteiger partial charge in [-0.2, -0.15) is 0 Å². The van der Waals surface area contributed by atoms with Crippen LogP contribution in [0.2, 0.25) is 0 Å². The number of carbonyl (C=O) groups is 1. The molecule has 0 bridgehead atoms. The minimum Gasteiger partial charge on any atom is -0.380 e. The quantitative estimate of drug-likeness (QED) is 0.823. The number of aryl methyl sites for hydroxylation is 1. The van der Waals surface area contributed by atoms with Gasteiger partial charge in [0.2, 0.25) is 0 Å². The van der Waals surface area contributed by atoms with E-state index in [1.165, 1.54) is 0 Å². The van der Waals surface area contributed by atoms with Crippen LogP contribution in [0.15, 0.2) is 24.3 Å². The fourth-order valence-electron chi connectivity index (χ4n) is 1.64. The van der Waals surface area contributed by atoms with Crippen LogP contribution in [0.1, 0.15) is 35.7 Å². The topological polar surface area (TPSA) is 38.3 Å². The first-order valence-corrected chi connectivity index (χ1v) is 6.05. The molecule has 0 spiro atoms. The summed E-state index contributed by atoms with van der Waals surface area (Å²) in [6.07, 6.45) is 2.12. The second kappa shape index (κ2) is 7.07. The highest BCUT2D eigenvalue weighted by atomic mass is 16.5. The third-order valence-corrected chi connectivity index (χ3v) is 2.75. The zero-order valence-electron chi connectivity index (χ0n) is 10.8. The molecule has 0 aromatic heterocycles. The maximum absolute atomic E-state index is 11.8. The zero-order chi connectivity index (χ0) is 12.7. The number of carbonyl (C=O) groups excluding carboxylic acids is 1. The van der Waals surface area contributed by atoms with Crippen LogP contribution in [-0.2, 0) is 4.74 Å². The number of rotatable bonds is 6. The number of benzene rings is 1. The van der Waals surface area contributed by atoms with Gasteiger partial charge in [-0.3, -0.25) is 4.79 Å². The summed E-state index contributed by atoms with van der Waals surface area (Å²) < 4.78 is 5.28. The predicted molar refractivity (Wildman–Crippen MR) is 69.2 cm³/mol. The van der Waals surface area contributed by atoms with Crippen molar-refractivity contribution in [3.8, 4) is 0 Å². The molecular weight excluding hydrogens is 214 g/mol. The highest BCUT2D eigenvalue weighted by Gasteiger charge is 2.09. The van der Waals surface area contributed by atoms with Gasteiger partial charge in [0, 0.05) is 19.2 Å². The maximum atomic E-state index is 11.8. The normalized spacial score (nSPS) is 12.2. The van der Waals surface area contributed by atoms with Gasteiger partial charge in [0.25, 0.3) is 5.91 Å². The van der Waals surface area contributed by atoms with Gasteiger partial charge in [-0.05, 0) is 25.5 Å². The lowest BCUT2D eigenvalue weighted by Crippen LogP contribution is -2.33. The number of hydrogen-bond donors (Lipinski definition) is 1. The van der Waals surface area contributed by atoms with Gasteiger partial charge in [0.1, 0.15) is 0 Å². The van der Waals surface area contributed by atoms with E-state index in [-0.39, 0.29) is 12.0 Å². The molecule has 0 fully saturated rings. The van der Waals surface area contributed by atoms with E-state index in [9.17, 15) is 4.79 Å². The first-order valence-electron chi connectivity index (χ1n) is 6.05. The Morgan fingerprint density at radius 1 is 1.35 bits per heavy atom. The third kappa shape index (κ3) is 4.57. The number of hydrogen-bond acceptors (Lipinski definition) is 2. The summed E-state index contributed by atoms with van der Waals surface area (Å²) in [4.78, 5) is 11.8. The third-order valence-electron chi connectivity index (χ3n) is 2.75. The summed E-state index contributed by atoms with van der Waals surface area (Å²) in [5, 5.41) is 2.89. The Hall–Kier alpha value is -1.35. The van der Waals surface area contributed by atoms with Gasteiger partial charge in [0.15, 0.2) is 0 Å². The Balaban J connectivity index is 2.46.